The number of benzene rings is 1. The van der Waals surface area contributed by atoms with E-state index in [0.717, 1.165) is 12.1 Å². The molecular formula is C10H9NOS. The van der Waals surface area contributed by atoms with E-state index in [0.29, 0.717) is 11.8 Å². The van der Waals surface area contributed by atoms with Crippen molar-refractivity contribution >= 4 is 23.4 Å². The van der Waals surface area contributed by atoms with Crippen LogP contribution in [-0.4, -0.2) is 11.3 Å². The van der Waals surface area contributed by atoms with Gasteiger partial charge >= 0.3 is 0 Å². The van der Waals surface area contributed by atoms with E-state index in [1.54, 1.807) is 0 Å². The second-order valence-electron chi connectivity index (χ2n) is 3.34. The number of nitrogens with zero attached hydrogens (tertiary/aromatic N) is 1. The minimum Gasteiger partial charge on any atom is -0.298 e. The summed E-state index contributed by atoms with van der Waals surface area (Å²) in [5.74, 6) is 0.280. The maximum Gasteiger partial charge on any atom is 0.228 e. The Hall–Kier alpha value is -0.960. The van der Waals surface area contributed by atoms with Crippen LogP contribution in [0.5, 0.6) is 0 Å². The average molecular weight is 191 g/mol. The number of para-hydroxylation sites is 1. The van der Waals surface area contributed by atoms with E-state index < -0.39 is 0 Å². The maximum atomic E-state index is 11.5. The van der Waals surface area contributed by atoms with Gasteiger partial charge in [-0.2, -0.15) is 0 Å². The van der Waals surface area contributed by atoms with E-state index in [4.69, 9.17) is 0 Å². The van der Waals surface area contributed by atoms with Crippen molar-refractivity contribution < 1.29 is 4.79 Å². The summed E-state index contributed by atoms with van der Waals surface area (Å²) in [5, 5.41) is 0.380. The zero-order valence-electron chi connectivity index (χ0n) is 7.06. The van der Waals surface area contributed by atoms with Crippen molar-refractivity contribution in [2.75, 3.05) is 4.90 Å². The number of fused-ring (bicyclic) bond motifs is 3. The van der Waals surface area contributed by atoms with Crippen molar-refractivity contribution in [2.24, 2.45) is 0 Å². The Morgan fingerprint density at radius 3 is 3.15 bits per heavy atom. The van der Waals surface area contributed by atoms with E-state index in [1.165, 1.54) is 4.90 Å². The Morgan fingerprint density at radius 1 is 1.38 bits per heavy atom. The number of anilines is 1. The molecule has 3 heteroatoms. The van der Waals surface area contributed by atoms with Crippen LogP contribution in [0.25, 0.3) is 0 Å². The number of thioether (sulfide) groups is 1. The number of hydrogen-bond donors (Lipinski definition) is 0. The zero-order chi connectivity index (χ0) is 8.84. The Morgan fingerprint density at radius 2 is 2.23 bits per heavy atom. The fraction of sp³-hybridized carbons (Fsp3) is 0.300. The fourth-order valence-corrected chi connectivity index (χ4v) is 3.27. The lowest BCUT2D eigenvalue weighted by molar-refractivity contribution is -0.117. The summed E-state index contributed by atoms with van der Waals surface area (Å²) in [6, 6.07) is 8.14. The third-order valence-corrected chi connectivity index (χ3v) is 3.87. The molecule has 0 saturated carbocycles. The van der Waals surface area contributed by atoms with Crippen LogP contribution >= 0.6 is 11.8 Å². The monoisotopic (exact) mass is 191 g/mol. The molecular weight excluding hydrogens is 182 g/mol. The smallest absolute Gasteiger partial charge is 0.228 e. The van der Waals surface area contributed by atoms with Gasteiger partial charge in [0.1, 0.15) is 0 Å². The van der Waals surface area contributed by atoms with Gasteiger partial charge < -0.3 is 0 Å². The van der Waals surface area contributed by atoms with Gasteiger partial charge in [-0.05, 0) is 18.6 Å². The zero-order valence-corrected chi connectivity index (χ0v) is 7.88. The summed E-state index contributed by atoms with van der Waals surface area (Å²) in [4.78, 5) is 14.7. The average Bonchev–Trinajstić information content (AvgIpc) is 2.66. The fourth-order valence-electron chi connectivity index (χ4n) is 1.96. The highest BCUT2D eigenvalue weighted by Crippen LogP contribution is 2.47. The first-order valence-corrected chi connectivity index (χ1v) is 5.32. The maximum absolute atomic E-state index is 11.5. The van der Waals surface area contributed by atoms with Crippen molar-refractivity contribution in [1.82, 2.24) is 0 Å². The van der Waals surface area contributed by atoms with E-state index in [9.17, 15) is 4.79 Å². The molecule has 1 amide bonds. The SMILES string of the molecule is O=C1CCC2Sc3ccccc3N12. The van der Waals surface area contributed by atoms with Gasteiger partial charge in [0.15, 0.2) is 0 Å². The van der Waals surface area contributed by atoms with Crippen LogP contribution in [0.15, 0.2) is 29.2 Å². The van der Waals surface area contributed by atoms with Crippen molar-refractivity contribution in [3.63, 3.8) is 0 Å². The highest BCUT2D eigenvalue weighted by atomic mass is 32.2. The number of carbonyl (C=O) groups is 1. The second kappa shape index (κ2) is 2.51. The molecule has 1 fully saturated rings. The quantitative estimate of drug-likeness (QED) is 0.627. The molecule has 0 radical (unpaired) electrons. The normalized spacial score (nSPS) is 24.8. The molecule has 2 nitrogen and oxygen atoms in total. The molecule has 13 heavy (non-hydrogen) atoms. The first-order valence-electron chi connectivity index (χ1n) is 4.44. The van der Waals surface area contributed by atoms with Gasteiger partial charge in [0.2, 0.25) is 5.91 Å². The topological polar surface area (TPSA) is 20.3 Å². The van der Waals surface area contributed by atoms with E-state index in [-0.39, 0.29) is 5.91 Å². The molecule has 0 aromatic heterocycles. The van der Waals surface area contributed by atoms with Gasteiger partial charge in [0, 0.05) is 11.3 Å². The first kappa shape index (κ1) is 7.44. The van der Waals surface area contributed by atoms with Crippen molar-refractivity contribution in [3.05, 3.63) is 24.3 Å². The van der Waals surface area contributed by atoms with Gasteiger partial charge in [-0.3, -0.25) is 9.69 Å². The number of amides is 1. The molecule has 2 aliphatic heterocycles. The van der Waals surface area contributed by atoms with Crippen LogP contribution in [0.2, 0.25) is 0 Å². The molecule has 0 bridgehead atoms. The molecule has 1 aromatic carbocycles. The minimum atomic E-state index is 0.280. The lowest BCUT2D eigenvalue weighted by Gasteiger charge is -2.14. The standard InChI is InChI=1S/C10H9NOS/c12-9-5-6-10-11(9)7-3-1-2-4-8(7)13-10/h1-4,10H,5-6H2. The highest BCUT2D eigenvalue weighted by Gasteiger charge is 2.38. The van der Waals surface area contributed by atoms with E-state index in [2.05, 4.69) is 6.07 Å². The van der Waals surface area contributed by atoms with Crippen LogP contribution in [0.4, 0.5) is 5.69 Å². The summed E-state index contributed by atoms with van der Waals surface area (Å²) in [6.45, 7) is 0. The van der Waals surface area contributed by atoms with E-state index >= 15 is 0 Å². The summed E-state index contributed by atoms with van der Waals surface area (Å²) in [5.41, 5.74) is 1.11. The lowest BCUT2D eigenvalue weighted by Crippen LogP contribution is -2.26. The Labute approximate surface area is 80.9 Å². The summed E-state index contributed by atoms with van der Waals surface area (Å²) in [7, 11) is 0. The van der Waals surface area contributed by atoms with Gasteiger partial charge in [-0.15, -0.1) is 0 Å². The minimum absolute atomic E-state index is 0.280. The largest absolute Gasteiger partial charge is 0.298 e. The predicted octanol–water partition coefficient (Wildman–Crippen LogP) is 2.25. The Balaban J connectivity index is 2.13. The van der Waals surface area contributed by atoms with Crippen LogP contribution in [-0.2, 0) is 4.79 Å². The summed E-state index contributed by atoms with van der Waals surface area (Å²) in [6.07, 6.45) is 1.71. The Kier molecular flexibility index (Phi) is 1.44. The third-order valence-electron chi connectivity index (χ3n) is 2.55. The van der Waals surface area contributed by atoms with Gasteiger partial charge in [0.25, 0.3) is 0 Å². The van der Waals surface area contributed by atoms with Crippen molar-refractivity contribution in [3.8, 4) is 0 Å². The van der Waals surface area contributed by atoms with Crippen molar-refractivity contribution in [1.29, 1.82) is 0 Å². The third kappa shape index (κ3) is 0.936. The predicted molar refractivity (Wildman–Crippen MR) is 52.8 cm³/mol. The van der Waals surface area contributed by atoms with Gasteiger partial charge in [-0.25, -0.2) is 0 Å². The summed E-state index contributed by atoms with van der Waals surface area (Å²) < 4.78 is 0. The molecule has 1 unspecified atom stereocenters. The molecule has 3 rings (SSSR count). The second-order valence-corrected chi connectivity index (χ2v) is 4.56. The molecule has 0 aliphatic carbocycles. The van der Waals surface area contributed by atoms with Gasteiger partial charge in [0.05, 0.1) is 11.1 Å². The molecule has 2 heterocycles. The number of carbonyl (C=O) groups excluding carboxylic acids is 1. The first-order chi connectivity index (χ1) is 6.36. The summed E-state index contributed by atoms with van der Waals surface area (Å²) >= 11 is 1.82. The molecule has 2 aliphatic rings. The van der Waals surface area contributed by atoms with Crippen molar-refractivity contribution in [2.45, 2.75) is 23.1 Å². The highest BCUT2D eigenvalue weighted by molar-refractivity contribution is 8.00. The molecule has 0 spiro atoms. The van der Waals surface area contributed by atoms with Crippen LogP contribution in [0.1, 0.15) is 12.8 Å². The number of rotatable bonds is 0. The van der Waals surface area contributed by atoms with Gasteiger partial charge in [-0.1, -0.05) is 23.9 Å². The van der Waals surface area contributed by atoms with Crippen LogP contribution in [0.3, 0.4) is 0 Å². The molecule has 0 N–H and O–H groups in total. The molecule has 1 aromatic rings. The molecule has 1 atom stereocenters. The number of hydrogen-bond acceptors (Lipinski definition) is 2. The van der Waals surface area contributed by atoms with Crippen LogP contribution in [0, 0.1) is 0 Å². The lowest BCUT2D eigenvalue weighted by atomic mass is 10.3. The molecule has 66 valence electrons. The van der Waals surface area contributed by atoms with Crippen LogP contribution < -0.4 is 4.90 Å². The Bertz CT molecular complexity index is 377. The van der Waals surface area contributed by atoms with E-state index in [1.807, 2.05) is 34.9 Å². The molecule has 1 saturated heterocycles.